The van der Waals surface area contributed by atoms with E-state index in [9.17, 15) is 0 Å². The molecule has 2 nitrogen and oxygen atoms in total. The van der Waals surface area contributed by atoms with E-state index in [2.05, 4.69) is 59.7 Å². The number of hydrogen-bond acceptors (Lipinski definition) is 3. The second kappa shape index (κ2) is 5.85. The molecule has 1 aliphatic heterocycles. The summed E-state index contributed by atoms with van der Waals surface area (Å²) in [6.07, 6.45) is 2.61. The second-order valence-electron chi connectivity index (χ2n) is 5.08. The number of fused-ring (bicyclic) bond motifs is 1. The summed E-state index contributed by atoms with van der Waals surface area (Å²) in [6.45, 7) is 1.18. The maximum atomic E-state index is 3.54. The average Bonchev–Trinajstić information content (AvgIpc) is 2.97. The molecule has 19 heavy (non-hydrogen) atoms. The predicted molar refractivity (Wildman–Crippen MR) is 85.8 cm³/mol. The van der Waals surface area contributed by atoms with Crippen LogP contribution in [0.3, 0.4) is 0 Å². The van der Waals surface area contributed by atoms with Crippen LogP contribution in [0.4, 0.5) is 5.69 Å². The summed E-state index contributed by atoms with van der Waals surface area (Å²) in [5.74, 6) is 1.03. The number of benzene rings is 2. The Balaban J connectivity index is 1.75. The van der Waals surface area contributed by atoms with Crippen molar-refractivity contribution < 1.29 is 0 Å². The van der Waals surface area contributed by atoms with Gasteiger partial charge in [-0.25, -0.2) is 0 Å². The number of nitrogens with one attached hydrogen (secondary N) is 1. The molecule has 2 aromatic carbocycles. The Morgan fingerprint density at radius 3 is 2.89 bits per heavy atom. The van der Waals surface area contributed by atoms with Gasteiger partial charge in [-0.05, 0) is 30.8 Å². The van der Waals surface area contributed by atoms with Crippen LogP contribution in [-0.2, 0) is 0 Å². The van der Waals surface area contributed by atoms with Gasteiger partial charge in [0.1, 0.15) is 0 Å². The molecule has 0 radical (unpaired) electrons. The zero-order chi connectivity index (χ0) is 13.1. The fourth-order valence-corrected chi connectivity index (χ4v) is 3.72. The SMILES string of the molecule is CN(CS[C@H]1CCCN1)c1cccc2ccccc12. The van der Waals surface area contributed by atoms with Gasteiger partial charge in [-0.1, -0.05) is 36.4 Å². The summed E-state index contributed by atoms with van der Waals surface area (Å²) in [5.41, 5.74) is 1.32. The van der Waals surface area contributed by atoms with Gasteiger partial charge in [0.2, 0.25) is 0 Å². The standard InChI is InChI=1S/C16H20N2S/c1-18(12-19-16-10-5-11-17-16)15-9-4-7-13-6-2-3-8-14(13)15/h2-4,6-9,16-17H,5,10-12H2,1H3/t16-/m0/s1. The van der Waals surface area contributed by atoms with Gasteiger partial charge in [0.25, 0.3) is 0 Å². The molecule has 0 spiro atoms. The zero-order valence-electron chi connectivity index (χ0n) is 11.3. The Morgan fingerprint density at radius 2 is 2.05 bits per heavy atom. The highest BCUT2D eigenvalue weighted by Gasteiger charge is 2.15. The van der Waals surface area contributed by atoms with Crippen LogP contribution in [0.25, 0.3) is 10.8 Å². The number of anilines is 1. The Hall–Kier alpha value is -1.19. The Morgan fingerprint density at radius 1 is 1.21 bits per heavy atom. The topological polar surface area (TPSA) is 15.3 Å². The van der Waals surface area contributed by atoms with Crippen LogP contribution in [0.15, 0.2) is 42.5 Å². The smallest absolute Gasteiger partial charge is 0.0652 e. The lowest BCUT2D eigenvalue weighted by molar-refractivity contribution is 0.804. The lowest BCUT2D eigenvalue weighted by atomic mass is 10.1. The molecule has 1 fully saturated rings. The molecular formula is C16H20N2S. The summed E-state index contributed by atoms with van der Waals surface area (Å²) < 4.78 is 0. The van der Waals surface area contributed by atoms with E-state index in [1.165, 1.54) is 35.8 Å². The fourth-order valence-electron chi connectivity index (χ4n) is 2.61. The Kier molecular flexibility index (Phi) is 3.95. The summed E-state index contributed by atoms with van der Waals surface area (Å²) in [4.78, 5) is 2.35. The molecule has 100 valence electrons. The third-order valence-corrected chi connectivity index (χ3v) is 5.00. The van der Waals surface area contributed by atoms with E-state index in [-0.39, 0.29) is 0 Å². The number of nitrogens with zero attached hydrogens (tertiary/aromatic N) is 1. The molecule has 0 bridgehead atoms. The Bertz CT molecular complexity index is 544. The predicted octanol–water partition coefficient (Wildman–Crippen LogP) is 3.68. The quantitative estimate of drug-likeness (QED) is 0.855. The minimum Gasteiger partial charge on any atom is -0.365 e. The van der Waals surface area contributed by atoms with E-state index in [0.717, 1.165) is 5.88 Å². The van der Waals surface area contributed by atoms with Gasteiger partial charge in [-0.15, -0.1) is 11.8 Å². The van der Waals surface area contributed by atoms with Crippen molar-refractivity contribution in [1.82, 2.24) is 5.32 Å². The van der Waals surface area contributed by atoms with E-state index in [0.29, 0.717) is 5.37 Å². The first-order valence-electron chi connectivity index (χ1n) is 6.88. The molecule has 0 saturated carbocycles. The van der Waals surface area contributed by atoms with Crippen LogP contribution in [0, 0.1) is 0 Å². The lowest BCUT2D eigenvalue weighted by Crippen LogP contribution is -2.23. The highest BCUT2D eigenvalue weighted by molar-refractivity contribution is 7.99. The van der Waals surface area contributed by atoms with E-state index < -0.39 is 0 Å². The van der Waals surface area contributed by atoms with Crippen molar-refractivity contribution in [1.29, 1.82) is 0 Å². The number of hydrogen-bond donors (Lipinski definition) is 1. The second-order valence-corrected chi connectivity index (χ2v) is 6.24. The van der Waals surface area contributed by atoms with Crippen LogP contribution in [0.1, 0.15) is 12.8 Å². The maximum absolute atomic E-state index is 3.54. The minimum atomic E-state index is 0.637. The molecule has 0 amide bonds. The van der Waals surface area contributed by atoms with Gasteiger partial charge in [-0.2, -0.15) is 0 Å². The van der Waals surface area contributed by atoms with Crippen LogP contribution >= 0.6 is 11.8 Å². The zero-order valence-corrected chi connectivity index (χ0v) is 12.1. The van der Waals surface area contributed by atoms with Crippen molar-refractivity contribution in [2.24, 2.45) is 0 Å². The van der Waals surface area contributed by atoms with Crippen molar-refractivity contribution in [3.63, 3.8) is 0 Å². The van der Waals surface area contributed by atoms with Gasteiger partial charge in [0.15, 0.2) is 0 Å². The molecule has 0 unspecified atom stereocenters. The van der Waals surface area contributed by atoms with Gasteiger partial charge < -0.3 is 10.2 Å². The van der Waals surface area contributed by atoms with Gasteiger partial charge in [-0.3, -0.25) is 0 Å². The van der Waals surface area contributed by atoms with Crippen LogP contribution in [0.2, 0.25) is 0 Å². The number of rotatable bonds is 4. The van der Waals surface area contributed by atoms with Crippen LogP contribution in [-0.4, -0.2) is 24.8 Å². The fraction of sp³-hybridized carbons (Fsp3) is 0.375. The highest BCUT2D eigenvalue weighted by atomic mass is 32.2. The third-order valence-electron chi connectivity index (χ3n) is 3.66. The molecule has 3 heteroatoms. The normalized spacial score (nSPS) is 18.9. The molecule has 0 aliphatic carbocycles. The first kappa shape index (κ1) is 12.8. The van der Waals surface area contributed by atoms with Crippen molar-refractivity contribution in [3.05, 3.63) is 42.5 Å². The molecule has 0 aromatic heterocycles. The average molecular weight is 272 g/mol. The first-order chi connectivity index (χ1) is 9.34. The van der Waals surface area contributed by atoms with E-state index in [1.54, 1.807) is 0 Å². The van der Waals surface area contributed by atoms with Gasteiger partial charge in [0.05, 0.1) is 11.3 Å². The maximum Gasteiger partial charge on any atom is 0.0652 e. The largest absolute Gasteiger partial charge is 0.365 e. The van der Waals surface area contributed by atoms with E-state index in [1.807, 2.05) is 11.8 Å². The molecule has 1 atom stereocenters. The van der Waals surface area contributed by atoms with E-state index in [4.69, 9.17) is 0 Å². The molecule has 1 heterocycles. The van der Waals surface area contributed by atoms with Crippen molar-refractivity contribution in [3.8, 4) is 0 Å². The summed E-state index contributed by atoms with van der Waals surface area (Å²) >= 11 is 2.01. The highest BCUT2D eigenvalue weighted by Crippen LogP contribution is 2.28. The Labute approximate surface area is 119 Å². The van der Waals surface area contributed by atoms with E-state index >= 15 is 0 Å². The third kappa shape index (κ3) is 2.88. The monoisotopic (exact) mass is 272 g/mol. The molecule has 1 saturated heterocycles. The minimum absolute atomic E-state index is 0.637. The molecule has 3 rings (SSSR count). The first-order valence-corrected chi connectivity index (χ1v) is 7.93. The summed E-state index contributed by atoms with van der Waals surface area (Å²) in [7, 11) is 2.18. The number of thioether (sulfide) groups is 1. The van der Waals surface area contributed by atoms with Crippen molar-refractivity contribution in [2.75, 3.05) is 24.4 Å². The summed E-state index contributed by atoms with van der Waals surface area (Å²) in [6, 6.07) is 15.1. The van der Waals surface area contributed by atoms with Crippen LogP contribution in [0.5, 0.6) is 0 Å². The lowest BCUT2D eigenvalue weighted by Gasteiger charge is -2.22. The molecule has 2 aromatic rings. The molecular weight excluding hydrogens is 252 g/mol. The van der Waals surface area contributed by atoms with Gasteiger partial charge in [0, 0.05) is 18.1 Å². The van der Waals surface area contributed by atoms with Crippen LogP contribution < -0.4 is 10.2 Å². The van der Waals surface area contributed by atoms with Gasteiger partial charge >= 0.3 is 0 Å². The van der Waals surface area contributed by atoms with Crippen molar-refractivity contribution >= 4 is 28.2 Å². The molecule has 1 N–H and O–H groups in total. The molecule has 1 aliphatic rings. The van der Waals surface area contributed by atoms with Crippen molar-refractivity contribution in [2.45, 2.75) is 18.2 Å². The summed E-state index contributed by atoms with van der Waals surface area (Å²) in [5, 5.41) is 6.83.